The van der Waals surface area contributed by atoms with Crippen LogP contribution >= 0.6 is 0 Å². The van der Waals surface area contributed by atoms with Crippen LogP contribution in [0.15, 0.2) is 23.2 Å². The Kier molecular flexibility index (Phi) is 16.0. The van der Waals surface area contributed by atoms with E-state index in [-0.39, 0.29) is 27.2 Å². The van der Waals surface area contributed by atoms with Gasteiger partial charge in [-0.3, -0.25) is 47.4 Å². The minimum atomic E-state index is -2.35. The molecule has 0 spiro atoms. The van der Waals surface area contributed by atoms with E-state index < -0.39 is 176 Å². The fourth-order valence-electron chi connectivity index (χ4n) is 7.66. The number of aromatic hydroxyl groups is 1. The van der Waals surface area contributed by atoms with Crippen molar-refractivity contribution in [3.05, 3.63) is 23.8 Å². The molecule has 9 amide bonds. The van der Waals surface area contributed by atoms with E-state index in [1.54, 1.807) is 13.8 Å². The number of H-pyrrole nitrogens is 1. The predicted molar refractivity (Wildman–Crippen MR) is 222 cm³/mol. The van der Waals surface area contributed by atoms with E-state index in [4.69, 9.17) is 5.73 Å². The molecule has 24 nitrogen and oxygen atoms in total. The van der Waals surface area contributed by atoms with Gasteiger partial charge in [-0.15, -0.1) is 0 Å². The third-order valence-corrected chi connectivity index (χ3v) is 13.1. The lowest BCUT2D eigenvalue weighted by atomic mass is 9.93. The molecule has 1 fully saturated rings. The van der Waals surface area contributed by atoms with Gasteiger partial charge in [0, 0.05) is 43.3 Å². The van der Waals surface area contributed by atoms with Gasteiger partial charge in [0.1, 0.15) is 46.9 Å². The third-order valence-electron chi connectivity index (χ3n) is 11.6. The highest BCUT2D eigenvalue weighted by Crippen LogP contribution is 2.30. The maximum absolute atomic E-state index is 14.5. The average molecular weight is 919 g/mol. The van der Waals surface area contributed by atoms with Crippen LogP contribution in [0.2, 0.25) is 0 Å². The predicted octanol–water partition coefficient (Wildman–Crippen LogP) is -6.06. The lowest BCUT2D eigenvalue weighted by Gasteiger charge is -2.32. The lowest BCUT2D eigenvalue weighted by Crippen LogP contribution is -2.61. The van der Waals surface area contributed by atoms with Crippen molar-refractivity contribution in [1.29, 1.82) is 0 Å². The molecule has 2 bridgehead atoms. The molecule has 0 unspecified atom stereocenters. The topological polar surface area (TPSA) is 381 Å². The number of nitrogens with one attached hydrogen (secondary N) is 8. The molecule has 5 rings (SSSR count). The number of aliphatic hydroxyl groups is 3. The van der Waals surface area contributed by atoms with Gasteiger partial charge in [0.25, 0.3) is 0 Å². The summed E-state index contributed by atoms with van der Waals surface area (Å²) in [5, 5.41) is 58.7. The van der Waals surface area contributed by atoms with Gasteiger partial charge in [-0.25, -0.2) is 0 Å². The van der Waals surface area contributed by atoms with E-state index in [1.807, 2.05) is 0 Å². The zero-order valence-electron chi connectivity index (χ0n) is 35.2. The Morgan fingerprint density at radius 2 is 1.53 bits per heavy atom. The number of rotatable bonds is 6. The molecule has 350 valence electrons. The number of aromatic amines is 1. The van der Waals surface area contributed by atoms with E-state index in [0.717, 1.165) is 4.90 Å². The van der Waals surface area contributed by atoms with Crippen molar-refractivity contribution in [2.75, 3.05) is 38.5 Å². The molecule has 64 heavy (non-hydrogen) atoms. The Labute approximate surface area is 368 Å². The van der Waals surface area contributed by atoms with Gasteiger partial charge in [-0.2, -0.15) is 0 Å². The normalized spacial score (nSPS) is 28.7. The fraction of sp³-hybridized carbons (Fsp3) is 0.564. The molecule has 0 saturated carbocycles. The van der Waals surface area contributed by atoms with Crippen LogP contribution in [0.5, 0.6) is 5.75 Å². The van der Waals surface area contributed by atoms with Gasteiger partial charge in [-0.05, 0) is 23.6 Å². The molecule has 14 N–H and O–H groups in total. The summed E-state index contributed by atoms with van der Waals surface area (Å²) in [5.41, 5.74) is 5.88. The largest absolute Gasteiger partial charge is 0.508 e. The number of hydrogen-bond acceptors (Lipinski definition) is 14. The first kappa shape index (κ1) is 48.8. The molecular formula is C39H54N10O14S. The molecule has 0 radical (unpaired) electrons. The molecule has 1 saturated heterocycles. The number of aromatic nitrogens is 1. The summed E-state index contributed by atoms with van der Waals surface area (Å²) in [6, 6.07) is -4.06. The van der Waals surface area contributed by atoms with E-state index in [2.05, 4.69) is 42.2 Å². The zero-order valence-corrected chi connectivity index (χ0v) is 36.0. The second-order valence-corrected chi connectivity index (χ2v) is 17.6. The molecule has 3 aliphatic rings. The second-order valence-electron chi connectivity index (χ2n) is 16.1. The summed E-state index contributed by atoms with van der Waals surface area (Å²) in [5.74, 6) is -14.0. The Hall–Kier alpha value is -6.18. The standard InChI is InChI=1S/C39H54N10O14S/c1-4-16(2)30-36(60)43-11-28(54)44-25-15-64(63)38-21(20-6-5-18(51)7-23(20)46-38)9-24(33(57)42-12-29(55)47-30)45-37(61)31(17(3)27(53)14-50)48-35(59)26-8-19(52)13-49(26)39(62)22(32(40)56)10-41-34(25)58/h5-7,16-17,19,22,24-27,30-31,46,50-53H,4,8-15H2,1-3H3,(H2,40,56)(H,41,58)(H,42,57)(H,43,60)(H,44,54)(H,45,61)(H,47,55)(H,48,59)/t16-,17-,19+,22+,24-,25-,26-,27-,30-,31-,64+/m0/s1. The Morgan fingerprint density at radius 1 is 0.875 bits per heavy atom. The van der Waals surface area contributed by atoms with Crippen molar-refractivity contribution < 1.29 is 67.8 Å². The van der Waals surface area contributed by atoms with Crippen LogP contribution < -0.4 is 43.0 Å². The Bertz CT molecular complexity index is 2200. The second kappa shape index (κ2) is 21.0. The van der Waals surface area contributed by atoms with Crippen LogP contribution in [-0.4, -0.2) is 169 Å². The van der Waals surface area contributed by atoms with Gasteiger partial charge in [0.2, 0.25) is 53.2 Å². The van der Waals surface area contributed by atoms with Crippen molar-refractivity contribution in [1.82, 2.24) is 47.1 Å². The van der Waals surface area contributed by atoms with Crippen molar-refractivity contribution in [2.24, 2.45) is 23.5 Å². The molecule has 25 heteroatoms. The third kappa shape index (κ3) is 11.3. The number of phenols is 1. The molecule has 4 heterocycles. The minimum Gasteiger partial charge on any atom is -0.508 e. The number of amides is 9. The summed E-state index contributed by atoms with van der Waals surface area (Å²) in [4.78, 5) is 127. The molecule has 1 aromatic heterocycles. The number of carbonyl (C=O) groups excluding carboxylic acids is 9. The van der Waals surface area contributed by atoms with E-state index in [1.165, 1.54) is 25.1 Å². The number of hydrogen-bond donors (Lipinski definition) is 13. The van der Waals surface area contributed by atoms with Gasteiger partial charge in [0.15, 0.2) is 0 Å². The summed E-state index contributed by atoms with van der Waals surface area (Å²) >= 11 is 0. The van der Waals surface area contributed by atoms with Gasteiger partial charge >= 0.3 is 0 Å². The van der Waals surface area contributed by atoms with Crippen molar-refractivity contribution in [3.8, 4) is 5.75 Å². The van der Waals surface area contributed by atoms with E-state index in [9.17, 15) is 67.8 Å². The van der Waals surface area contributed by atoms with Crippen LogP contribution in [0.25, 0.3) is 10.9 Å². The summed E-state index contributed by atoms with van der Waals surface area (Å²) in [6.45, 7) is 0.967. The van der Waals surface area contributed by atoms with E-state index in [0.29, 0.717) is 6.42 Å². The van der Waals surface area contributed by atoms with Gasteiger partial charge in [-0.1, -0.05) is 27.2 Å². The summed E-state index contributed by atoms with van der Waals surface area (Å²) in [7, 11) is -2.35. The Morgan fingerprint density at radius 3 is 2.19 bits per heavy atom. The average Bonchev–Trinajstić information content (AvgIpc) is 3.83. The number of fused-ring (bicyclic) bond motifs is 5. The van der Waals surface area contributed by atoms with Crippen LogP contribution in [0.4, 0.5) is 0 Å². The van der Waals surface area contributed by atoms with Crippen molar-refractivity contribution in [2.45, 2.75) is 87.5 Å². The number of nitrogens with two attached hydrogens (primary N) is 1. The van der Waals surface area contributed by atoms with Crippen LogP contribution in [-0.2, 0) is 60.4 Å². The monoisotopic (exact) mass is 918 g/mol. The molecule has 3 aliphatic heterocycles. The molecule has 11 atom stereocenters. The molecule has 2 aromatic rings. The highest BCUT2D eigenvalue weighted by atomic mass is 32.2. The maximum Gasteiger partial charge on any atom is 0.243 e. The first-order chi connectivity index (χ1) is 30.2. The molecule has 1 aromatic carbocycles. The van der Waals surface area contributed by atoms with Gasteiger partial charge < -0.3 is 73.3 Å². The number of carbonyl (C=O) groups is 9. The van der Waals surface area contributed by atoms with Crippen LogP contribution in [0.1, 0.15) is 39.2 Å². The maximum atomic E-state index is 14.5. The Balaban J connectivity index is 1.71. The van der Waals surface area contributed by atoms with Crippen LogP contribution in [0.3, 0.4) is 0 Å². The molecule has 0 aliphatic carbocycles. The number of primary amides is 1. The fourth-order valence-corrected chi connectivity index (χ4v) is 9.06. The smallest absolute Gasteiger partial charge is 0.243 e. The highest BCUT2D eigenvalue weighted by molar-refractivity contribution is 7.85. The highest BCUT2D eigenvalue weighted by Gasteiger charge is 2.45. The number of phenolic OH excluding ortho intramolecular Hbond substituents is 1. The quantitative estimate of drug-likeness (QED) is 0.120. The zero-order chi connectivity index (χ0) is 47.2. The first-order valence-electron chi connectivity index (χ1n) is 20.6. The number of nitrogens with zero attached hydrogens (tertiary/aromatic N) is 1. The van der Waals surface area contributed by atoms with Crippen molar-refractivity contribution >= 4 is 74.9 Å². The van der Waals surface area contributed by atoms with Crippen molar-refractivity contribution in [3.63, 3.8) is 0 Å². The number of benzene rings is 1. The first-order valence-corrected chi connectivity index (χ1v) is 21.9. The van der Waals surface area contributed by atoms with Crippen LogP contribution in [0, 0.1) is 17.8 Å². The number of aliphatic hydroxyl groups excluding tert-OH is 3. The van der Waals surface area contributed by atoms with E-state index >= 15 is 0 Å². The lowest BCUT2D eigenvalue weighted by molar-refractivity contribution is -0.146. The minimum absolute atomic E-state index is 0.0888. The SMILES string of the molecule is CC[C@H](C)[C@@H]1NC(=O)CNC(=O)[C@@H]2Cc3c([nH]c4cc(O)ccc34)[S@](=O)C[C@H](NC(=O)CNC1=O)C(=O)NC[C@H](C(N)=O)C(=O)N1C[C@H](O)C[C@H]1C(=O)N[C@@H]([C@@H](C)[C@@H](O)CO)C(=O)N2. The van der Waals surface area contributed by atoms with Gasteiger partial charge in [0.05, 0.1) is 54.0 Å². The summed E-state index contributed by atoms with van der Waals surface area (Å²) < 4.78 is 14.5. The summed E-state index contributed by atoms with van der Waals surface area (Å²) in [6.07, 6.45) is -3.54. The molecular weight excluding hydrogens is 865 g/mol.